The van der Waals surface area contributed by atoms with Crippen molar-refractivity contribution >= 4 is 23.2 Å². The van der Waals surface area contributed by atoms with Gasteiger partial charge in [-0.05, 0) is 55.0 Å². The van der Waals surface area contributed by atoms with Crippen LogP contribution >= 0.6 is 0 Å². The average Bonchev–Trinajstić information content (AvgIpc) is 3.42. The molecule has 0 unspecified atom stereocenters. The Hall–Kier alpha value is -3.81. The lowest BCUT2D eigenvalue weighted by atomic mass is 10.2. The Balaban J connectivity index is 1.40. The molecule has 0 radical (unpaired) electrons. The fourth-order valence-corrected chi connectivity index (χ4v) is 3.34. The summed E-state index contributed by atoms with van der Waals surface area (Å²) in [6.07, 6.45) is 1.33. The van der Waals surface area contributed by atoms with E-state index in [1.165, 1.54) is 31.4 Å². The van der Waals surface area contributed by atoms with E-state index in [1.54, 1.807) is 35.2 Å². The summed E-state index contributed by atoms with van der Waals surface area (Å²) >= 11 is 0. The van der Waals surface area contributed by atoms with Crippen LogP contribution in [0.25, 0.3) is 0 Å². The van der Waals surface area contributed by atoms with Gasteiger partial charge in [0.1, 0.15) is 29.7 Å². The molecule has 0 bridgehead atoms. The maximum absolute atomic E-state index is 12.9. The minimum absolute atomic E-state index is 0.0565. The largest absolute Gasteiger partial charge is 0.494 e. The number of amides is 2. The fourth-order valence-electron chi connectivity index (χ4n) is 3.34. The van der Waals surface area contributed by atoms with Gasteiger partial charge in [-0.2, -0.15) is 0 Å². The van der Waals surface area contributed by atoms with Crippen molar-refractivity contribution in [3.63, 3.8) is 0 Å². The summed E-state index contributed by atoms with van der Waals surface area (Å²) in [5.74, 6) is 0.848. The second-order valence-corrected chi connectivity index (χ2v) is 7.00. The molecule has 1 fully saturated rings. The van der Waals surface area contributed by atoms with E-state index in [-0.39, 0.29) is 24.1 Å². The van der Waals surface area contributed by atoms with Crippen LogP contribution in [0.5, 0.6) is 11.5 Å². The normalized spacial score (nSPS) is 13.4. The highest BCUT2D eigenvalue weighted by Gasteiger charge is 2.24. The van der Waals surface area contributed by atoms with Crippen LogP contribution in [0.3, 0.4) is 0 Å². The molecule has 1 saturated heterocycles. The first kappa shape index (κ1) is 20.5. The smallest absolute Gasteiger partial charge is 0.291 e. The standard InChI is InChI=1S/C23H21FN2O5/c1-29-21-13-16(6-10-19(21)26-12-2-3-22(26)27)25-23(28)20-11-9-18(31-20)14-30-17-7-4-15(24)5-8-17/h4-11,13H,2-3,12,14H2,1H3,(H,25,28). The van der Waals surface area contributed by atoms with Crippen LogP contribution in [-0.2, 0) is 11.4 Å². The molecule has 1 aliphatic rings. The van der Waals surface area contributed by atoms with E-state index in [0.29, 0.717) is 41.6 Å². The molecule has 160 valence electrons. The number of rotatable bonds is 7. The van der Waals surface area contributed by atoms with Gasteiger partial charge in [0.2, 0.25) is 5.91 Å². The molecule has 1 aromatic heterocycles. The predicted octanol–water partition coefficient (Wildman–Crippen LogP) is 4.39. The number of nitrogens with zero attached hydrogens (tertiary/aromatic N) is 1. The zero-order valence-corrected chi connectivity index (χ0v) is 16.9. The summed E-state index contributed by atoms with van der Waals surface area (Å²) in [6.45, 7) is 0.751. The molecule has 4 rings (SSSR count). The molecular formula is C23H21FN2O5. The summed E-state index contributed by atoms with van der Waals surface area (Å²) in [4.78, 5) is 26.2. The second kappa shape index (κ2) is 8.91. The topological polar surface area (TPSA) is 81.0 Å². The zero-order chi connectivity index (χ0) is 21.8. The number of anilines is 2. The summed E-state index contributed by atoms with van der Waals surface area (Å²) in [5.41, 5.74) is 1.19. The lowest BCUT2D eigenvalue weighted by Crippen LogP contribution is -2.24. The van der Waals surface area contributed by atoms with Crippen molar-refractivity contribution < 1.29 is 27.9 Å². The van der Waals surface area contributed by atoms with Gasteiger partial charge in [-0.15, -0.1) is 0 Å². The third kappa shape index (κ3) is 4.69. The van der Waals surface area contributed by atoms with Crippen LogP contribution in [0.2, 0.25) is 0 Å². The van der Waals surface area contributed by atoms with Crippen LogP contribution in [-0.4, -0.2) is 25.5 Å². The van der Waals surface area contributed by atoms with Crippen LogP contribution < -0.4 is 19.7 Å². The van der Waals surface area contributed by atoms with E-state index in [9.17, 15) is 14.0 Å². The minimum Gasteiger partial charge on any atom is -0.494 e. The highest BCUT2D eigenvalue weighted by Crippen LogP contribution is 2.34. The molecule has 31 heavy (non-hydrogen) atoms. The Morgan fingerprint density at radius 1 is 1.16 bits per heavy atom. The number of methoxy groups -OCH3 is 1. The van der Waals surface area contributed by atoms with Crippen molar-refractivity contribution in [2.45, 2.75) is 19.4 Å². The van der Waals surface area contributed by atoms with Gasteiger partial charge in [0, 0.05) is 24.7 Å². The highest BCUT2D eigenvalue weighted by atomic mass is 19.1. The number of hydrogen-bond acceptors (Lipinski definition) is 5. The number of carbonyl (C=O) groups excluding carboxylic acids is 2. The van der Waals surface area contributed by atoms with E-state index in [2.05, 4.69) is 5.32 Å². The molecule has 2 heterocycles. The van der Waals surface area contributed by atoms with Crippen molar-refractivity contribution in [3.05, 3.63) is 71.9 Å². The number of furan rings is 1. The summed E-state index contributed by atoms with van der Waals surface area (Å²) in [7, 11) is 1.52. The van der Waals surface area contributed by atoms with Crippen molar-refractivity contribution in [3.8, 4) is 11.5 Å². The minimum atomic E-state index is -0.430. The Morgan fingerprint density at radius 2 is 1.97 bits per heavy atom. The van der Waals surface area contributed by atoms with Gasteiger partial charge >= 0.3 is 0 Å². The molecule has 8 heteroatoms. The van der Waals surface area contributed by atoms with Crippen molar-refractivity contribution in [1.82, 2.24) is 0 Å². The molecule has 0 aliphatic carbocycles. The fraction of sp³-hybridized carbons (Fsp3) is 0.217. The third-order valence-electron chi connectivity index (χ3n) is 4.88. The number of nitrogens with one attached hydrogen (secondary N) is 1. The van der Waals surface area contributed by atoms with Gasteiger partial charge in [0.15, 0.2) is 5.76 Å². The van der Waals surface area contributed by atoms with E-state index in [0.717, 1.165) is 6.42 Å². The average molecular weight is 424 g/mol. The highest BCUT2D eigenvalue weighted by molar-refractivity contribution is 6.03. The third-order valence-corrected chi connectivity index (χ3v) is 4.88. The molecule has 0 saturated carbocycles. The predicted molar refractivity (Wildman–Crippen MR) is 112 cm³/mol. The molecule has 2 amide bonds. The first-order valence-corrected chi connectivity index (χ1v) is 9.80. The number of halogens is 1. The molecule has 2 aromatic carbocycles. The maximum Gasteiger partial charge on any atom is 0.291 e. The molecule has 7 nitrogen and oxygen atoms in total. The summed E-state index contributed by atoms with van der Waals surface area (Å²) in [5, 5.41) is 2.76. The van der Waals surface area contributed by atoms with Crippen molar-refractivity contribution in [2.75, 3.05) is 23.9 Å². The van der Waals surface area contributed by atoms with Gasteiger partial charge < -0.3 is 24.1 Å². The van der Waals surface area contributed by atoms with Crippen LogP contribution in [0.15, 0.2) is 59.0 Å². The Bertz CT molecular complexity index is 1090. The van der Waals surface area contributed by atoms with E-state index in [4.69, 9.17) is 13.9 Å². The molecule has 1 N–H and O–H groups in total. The summed E-state index contributed by atoms with van der Waals surface area (Å²) in [6, 6.07) is 13.9. The van der Waals surface area contributed by atoms with Gasteiger partial charge in [-0.3, -0.25) is 9.59 Å². The first-order chi connectivity index (χ1) is 15.0. The second-order valence-electron chi connectivity index (χ2n) is 7.00. The van der Waals surface area contributed by atoms with Crippen LogP contribution in [0.1, 0.15) is 29.2 Å². The SMILES string of the molecule is COc1cc(NC(=O)c2ccc(COc3ccc(F)cc3)o2)ccc1N1CCCC1=O. The van der Waals surface area contributed by atoms with Crippen LogP contribution in [0, 0.1) is 5.82 Å². The Kier molecular flexibility index (Phi) is 5.88. The molecule has 3 aromatic rings. The van der Waals surface area contributed by atoms with Crippen LogP contribution in [0.4, 0.5) is 15.8 Å². The maximum atomic E-state index is 12.9. The zero-order valence-electron chi connectivity index (χ0n) is 16.9. The van der Waals surface area contributed by atoms with Gasteiger partial charge in [0.25, 0.3) is 5.91 Å². The van der Waals surface area contributed by atoms with E-state index in [1.807, 2.05) is 0 Å². The van der Waals surface area contributed by atoms with Gasteiger partial charge in [-0.1, -0.05) is 0 Å². The number of ether oxygens (including phenoxy) is 2. The van der Waals surface area contributed by atoms with Gasteiger partial charge in [0.05, 0.1) is 12.8 Å². The van der Waals surface area contributed by atoms with Gasteiger partial charge in [-0.25, -0.2) is 4.39 Å². The van der Waals surface area contributed by atoms with Crippen molar-refractivity contribution in [2.24, 2.45) is 0 Å². The molecular weight excluding hydrogens is 403 g/mol. The quantitative estimate of drug-likeness (QED) is 0.609. The lowest BCUT2D eigenvalue weighted by molar-refractivity contribution is -0.117. The van der Waals surface area contributed by atoms with E-state index < -0.39 is 5.91 Å². The Labute approximate surface area is 178 Å². The lowest BCUT2D eigenvalue weighted by Gasteiger charge is -2.19. The number of hydrogen-bond donors (Lipinski definition) is 1. The van der Waals surface area contributed by atoms with E-state index >= 15 is 0 Å². The Morgan fingerprint density at radius 3 is 2.68 bits per heavy atom. The number of carbonyl (C=O) groups is 2. The molecule has 0 spiro atoms. The molecule has 0 atom stereocenters. The summed E-state index contributed by atoms with van der Waals surface area (Å²) < 4.78 is 29.4. The van der Waals surface area contributed by atoms with Crippen molar-refractivity contribution in [1.29, 1.82) is 0 Å². The first-order valence-electron chi connectivity index (χ1n) is 9.80. The number of benzene rings is 2. The molecule has 1 aliphatic heterocycles. The monoisotopic (exact) mass is 424 g/mol.